The van der Waals surface area contributed by atoms with Gasteiger partial charge in [0, 0.05) is 0 Å². The highest BCUT2D eigenvalue weighted by Crippen LogP contribution is 2.35. The van der Waals surface area contributed by atoms with E-state index in [1.165, 1.54) is 11.3 Å². The summed E-state index contributed by atoms with van der Waals surface area (Å²) in [6, 6.07) is 3.24. The van der Waals surface area contributed by atoms with Gasteiger partial charge < -0.3 is 9.73 Å². The Kier molecular flexibility index (Phi) is 6.56. The number of imide groups is 1. The lowest BCUT2D eigenvalue weighted by molar-refractivity contribution is -0.140. The molecule has 172 valence electrons. The van der Waals surface area contributed by atoms with Crippen molar-refractivity contribution in [2.75, 3.05) is 13.1 Å². The Balaban J connectivity index is 1.36. The summed E-state index contributed by atoms with van der Waals surface area (Å²) in [4.78, 5) is 40.8. The number of hydrogen-bond acceptors (Lipinski definition) is 8. The van der Waals surface area contributed by atoms with Crippen LogP contribution in [0.3, 0.4) is 0 Å². The van der Waals surface area contributed by atoms with Gasteiger partial charge in [0.05, 0.1) is 18.0 Å². The Morgan fingerprint density at radius 3 is 2.84 bits per heavy atom. The molecule has 3 heterocycles. The van der Waals surface area contributed by atoms with Gasteiger partial charge in [0.25, 0.3) is 17.7 Å². The third-order valence-electron chi connectivity index (χ3n) is 5.99. The standard InChI is InChI=1S/C21H28N6O4S/c1-3-10-26(13-17-23-24-18(31-17)15-5-4-11-32-15)12-16(28)25-27-19(29)21(22-20(27)30)8-6-14(2)7-9-21/h4-5,11,14H,3,6-10,12-13H2,1-2H3,(H,22,30)(H,25,28). The third-order valence-corrected chi connectivity index (χ3v) is 6.85. The van der Waals surface area contributed by atoms with Crippen LogP contribution in [0.25, 0.3) is 10.8 Å². The van der Waals surface area contributed by atoms with E-state index in [0.29, 0.717) is 43.6 Å². The number of hydrazine groups is 1. The lowest BCUT2D eigenvalue weighted by atomic mass is 9.77. The average molecular weight is 461 g/mol. The molecule has 2 N–H and O–H groups in total. The van der Waals surface area contributed by atoms with Gasteiger partial charge in [-0.3, -0.25) is 19.9 Å². The number of rotatable bonds is 8. The number of hydrogen-bond donors (Lipinski definition) is 2. The number of nitrogens with one attached hydrogen (secondary N) is 2. The largest absolute Gasteiger partial charge is 0.419 e. The van der Waals surface area contributed by atoms with Crippen molar-refractivity contribution < 1.29 is 18.8 Å². The average Bonchev–Trinajstić information content (AvgIpc) is 3.49. The zero-order chi connectivity index (χ0) is 22.7. The minimum absolute atomic E-state index is 0.00828. The maximum Gasteiger partial charge on any atom is 0.344 e. The highest BCUT2D eigenvalue weighted by molar-refractivity contribution is 7.13. The summed E-state index contributed by atoms with van der Waals surface area (Å²) >= 11 is 1.51. The molecule has 0 unspecified atom stereocenters. The molecule has 1 aliphatic carbocycles. The molecule has 2 aliphatic rings. The van der Waals surface area contributed by atoms with E-state index >= 15 is 0 Å². The van der Waals surface area contributed by atoms with Crippen LogP contribution in [0, 0.1) is 5.92 Å². The highest BCUT2D eigenvalue weighted by atomic mass is 32.1. The fraction of sp³-hybridized carbons (Fsp3) is 0.571. The highest BCUT2D eigenvalue weighted by Gasteiger charge is 2.52. The first kappa shape index (κ1) is 22.4. The second-order valence-corrected chi connectivity index (χ2v) is 9.51. The van der Waals surface area contributed by atoms with E-state index in [0.717, 1.165) is 29.1 Å². The molecule has 32 heavy (non-hydrogen) atoms. The molecule has 4 rings (SSSR count). The van der Waals surface area contributed by atoms with Crippen molar-refractivity contribution in [3.8, 4) is 10.8 Å². The van der Waals surface area contributed by atoms with Crippen LogP contribution in [0.15, 0.2) is 21.9 Å². The van der Waals surface area contributed by atoms with Crippen LogP contribution in [0.5, 0.6) is 0 Å². The maximum absolute atomic E-state index is 12.9. The van der Waals surface area contributed by atoms with E-state index in [2.05, 4.69) is 27.9 Å². The SMILES string of the molecule is CCCN(CC(=O)NN1C(=O)NC2(CCC(C)CC2)C1=O)Cc1nnc(-c2cccs2)o1. The van der Waals surface area contributed by atoms with Gasteiger partial charge >= 0.3 is 6.03 Å². The molecule has 1 saturated heterocycles. The summed E-state index contributed by atoms with van der Waals surface area (Å²) in [7, 11) is 0. The zero-order valence-corrected chi connectivity index (χ0v) is 19.1. The van der Waals surface area contributed by atoms with Gasteiger partial charge in [0.2, 0.25) is 5.89 Å². The van der Waals surface area contributed by atoms with E-state index in [1.807, 2.05) is 29.3 Å². The van der Waals surface area contributed by atoms with E-state index < -0.39 is 17.5 Å². The first-order valence-corrected chi connectivity index (χ1v) is 11.8. The molecule has 2 aromatic rings. The topological polar surface area (TPSA) is 121 Å². The minimum Gasteiger partial charge on any atom is -0.419 e. The van der Waals surface area contributed by atoms with Gasteiger partial charge in [0.1, 0.15) is 5.54 Å². The van der Waals surface area contributed by atoms with Crippen molar-refractivity contribution in [1.82, 2.24) is 30.8 Å². The fourth-order valence-electron chi connectivity index (χ4n) is 4.22. The van der Waals surface area contributed by atoms with Gasteiger partial charge in [-0.05, 0) is 56.0 Å². The van der Waals surface area contributed by atoms with Crippen molar-refractivity contribution in [2.24, 2.45) is 5.92 Å². The fourth-order valence-corrected chi connectivity index (χ4v) is 4.86. The zero-order valence-electron chi connectivity index (χ0n) is 18.3. The molecule has 1 spiro atoms. The summed E-state index contributed by atoms with van der Waals surface area (Å²) in [6.45, 7) is 5.04. The summed E-state index contributed by atoms with van der Waals surface area (Å²) in [5.41, 5.74) is 1.60. The lowest BCUT2D eigenvalue weighted by Crippen LogP contribution is -2.52. The third kappa shape index (κ3) is 4.68. The van der Waals surface area contributed by atoms with E-state index in [1.54, 1.807) is 0 Å². The number of thiophene rings is 1. The van der Waals surface area contributed by atoms with E-state index in [-0.39, 0.29) is 12.5 Å². The number of urea groups is 1. The van der Waals surface area contributed by atoms with Crippen molar-refractivity contribution in [3.05, 3.63) is 23.4 Å². The molecule has 2 aromatic heterocycles. The smallest absolute Gasteiger partial charge is 0.344 e. The Labute approximate surface area is 190 Å². The second-order valence-electron chi connectivity index (χ2n) is 8.56. The summed E-state index contributed by atoms with van der Waals surface area (Å²) in [5.74, 6) is 0.562. The van der Waals surface area contributed by atoms with Crippen LogP contribution in [-0.2, 0) is 16.1 Å². The lowest BCUT2D eigenvalue weighted by Gasteiger charge is -2.33. The van der Waals surface area contributed by atoms with Crippen molar-refractivity contribution in [1.29, 1.82) is 0 Å². The van der Waals surface area contributed by atoms with Crippen LogP contribution in [0.4, 0.5) is 4.79 Å². The van der Waals surface area contributed by atoms with Gasteiger partial charge in [-0.25, -0.2) is 4.79 Å². The first-order valence-electron chi connectivity index (χ1n) is 10.9. The molecule has 0 aromatic carbocycles. The summed E-state index contributed by atoms with van der Waals surface area (Å²) in [6.07, 6.45) is 3.74. The minimum atomic E-state index is -0.887. The van der Waals surface area contributed by atoms with Gasteiger partial charge in [-0.15, -0.1) is 21.5 Å². The number of nitrogens with zero attached hydrogens (tertiary/aromatic N) is 4. The van der Waals surface area contributed by atoms with Crippen LogP contribution in [0.1, 0.15) is 51.8 Å². The molecule has 1 saturated carbocycles. The second kappa shape index (κ2) is 9.37. The molecule has 4 amide bonds. The molecule has 10 nitrogen and oxygen atoms in total. The van der Waals surface area contributed by atoms with Crippen LogP contribution in [0.2, 0.25) is 0 Å². The Hall–Kier alpha value is -2.79. The van der Waals surface area contributed by atoms with E-state index in [9.17, 15) is 14.4 Å². The van der Waals surface area contributed by atoms with E-state index in [4.69, 9.17) is 4.42 Å². The molecule has 0 bridgehead atoms. The first-order chi connectivity index (χ1) is 15.4. The predicted octanol–water partition coefficient (Wildman–Crippen LogP) is 2.54. The van der Waals surface area contributed by atoms with Crippen molar-refractivity contribution in [3.63, 3.8) is 0 Å². The number of aromatic nitrogens is 2. The van der Waals surface area contributed by atoms with Gasteiger partial charge in [-0.1, -0.05) is 19.9 Å². The van der Waals surface area contributed by atoms with Crippen LogP contribution < -0.4 is 10.7 Å². The monoisotopic (exact) mass is 460 g/mol. The summed E-state index contributed by atoms with van der Waals surface area (Å²) in [5, 5.41) is 13.7. The van der Waals surface area contributed by atoms with Crippen molar-refractivity contribution in [2.45, 2.75) is 58.0 Å². The Morgan fingerprint density at radius 1 is 1.38 bits per heavy atom. The molecule has 0 atom stereocenters. The number of carbonyl (C=O) groups is 3. The van der Waals surface area contributed by atoms with Crippen molar-refractivity contribution >= 4 is 29.2 Å². The number of amides is 4. The molecule has 11 heteroatoms. The predicted molar refractivity (Wildman–Crippen MR) is 117 cm³/mol. The molecular formula is C21H28N6O4S. The Bertz CT molecular complexity index is 967. The quantitative estimate of drug-likeness (QED) is 0.581. The van der Waals surface area contributed by atoms with Gasteiger partial charge in [0.15, 0.2) is 0 Å². The molecular weight excluding hydrogens is 432 g/mol. The number of carbonyl (C=O) groups excluding carboxylic acids is 3. The van der Waals surface area contributed by atoms with Crippen LogP contribution >= 0.6 is 11.3 Å². The van der Waals surface area contributed by atoms with Gasteiger partial charge in [-0.2, -0.15) is 5.01 Å². The maximum atomic E-state index is 12.9. The molecule has 2 fully saturated rings. The Morgan fingerprint density at radius 2 is 2.16 bits per heavy atom. The molecule has 0 radical (unpaired) electrons. The summed E-state index contributed by atoms with van der Waals surface area (Å²) < 4.78 is 5.72. The van der Waals surface area contributed by atoms with Crippen LogP contribution in [-0.4, -0.2) is 56.6 Å². The normalized spacial score (nSPS) is 23.2. The molecule has 1 aliphatic heterocycles.